The van der Waals surface area contributed by atoms with E-state index in [0.29, 0.717) is 6.04 Å². The maximum atomic E-state index is 13.2. The highest BCUT2D eigenvalue weighted by Crippen LogP contribution is 2.58. The molecule has 3 atom stereocenters. The maximum Gasteiger partial charge on any atom is 0.416 e. The highest BCUT2D eigenvalue weighted by atomic mass is 19.4. The summed E-state index contributed by atoms with van der Waals surface area (Å²) in [5.74, 6) is 0.350. The van der Waals surface area contributed by atoms with Crippen molar-refractivity contribution in [2.45, 2.75) is 71.2 Å². The first-order valence-electron chi connectivity index (χ1n) is 8.95. The first kappa shape index (κ1) is 18.7. The van der Waals surface area contributed by atoms with Crippen LogP contribution in [-0.4, -0.2) is 23.8 Å². The Morgan fingerprint density at radius 2 is 1.76 bits per heavy atom. The topological polar surface area (TPSA) is 12.5 Å². The van der Waals surface area contributed by atoms with Crippen LogP contribution in [0.2, 0.25) is 0 Å². The second-order valence-corrected chi connectivity index (χ2v) is 8.81. The molecule has 1 aliphatic carbocycles. The Morgan fingerprint density at radius 1 is 1.12 bits per heavy atom. The summed E-state index contributed by atoms with van der Waals surface area (Å²) in [5.41, 5.74) is 0.742. The molecule has 0 aromatic heterocycles. The molecule has 1 saturated carbocycles. The molecule has 1 aromatic carbocycles. The molecule has 1 heterocycles. The molecule has 140 valence electrons. The van der Waals surface area contributed by atoms with Crippen molar-refractivity contribution in [2.24, 2.45) is 11.3 Å². The Hall–Kier alpha value is -1.07. The van der Waals surface area contributed by atoms with Gasteiger partial charge < -0.3 is 0 Å². The average Bonchev–Trinajstić information content (AvgIpc) is 2.69. The van der Waals surface area contributed by atoms with Crippen LogP contribution in [0.1, 0.15) is 63.1 Å². The standard InChI is InChI=1S/C20H28F3NO/c1-12-7-8-13(20(21,22)23)11-14(12)15-9-10-16-17(18(15,2)3)19(4,5)25-24(16)6/h7-8,11,15-17H,9-10H2,1-6H3. The fourth-order valence-electron chi connectivity index (χ4n) is 5.58. The zero-order valence-corrected chi connectivity index (χ0v) is 15.9. The van der Waals surface area contributed by atoms with Gasteiger partial charge >= 0.3 is 6.18 Å². The van der Waals surface area contributed by atoms with Crippen molar-refractivity contribution >= 4 is 0 Å². The summed E-state index contributed by atoms with van der Waals surface area (Å²) in [5, 5.41) is 1.96. The summed E-state index contributed by atoms with van der Waals surface area (Å²) < 4.78 is 39.7. The number of fused-ring (bicyclic) bond motifs is 1. The van der Waals surface area contributed by atoms with E-state index in [1.807, 2.05) is 19.0 Å². The smallest absolute Gasteiger partial charge is 0.293 e. The van der Waals surface area contributed by atoms with E-state index in [9.17, 15) is 13.2 Å². The van der Waals surface area contributed by atoms with Gasteiger partial charge in [0, 0.05) is 19.0 Å². The van der Waals surface area contributed by atoms with E-state index in [4.69, 9.17) is 4.84 Å². The summed E-state index contributed by atoms with van der Waals surface area (Å²) in [6, 6.07) is 4.48. The highest BCUT2D eigenvalue weighted by Gasteiger charge is 2.58. The molecule has 0 amide bonds. The van der Waals surface area contributed by atoms with Crippen molar-refractivity contribution in [1.82, 2.24) is 5.06 Å². The van der Waals surface area contributed by atoms with Gasteiger partial charge in [0.1, 0.15) is 0 Å². The Labute approximate surface area is 148 Å². The number of hydrogen-bond donors (Lipinski definition) is 0. The summed E-state index contributed by atoms with van der Waals surface area (Å²) in [7, 11) is 1.97. The SMILES string of the molecule is Cc1ccc(C(F)(F)F)cc1C1CCC2C(C(C)(C)ON2C)C1(C)C. The number of hydroxylamine groups is 2. The predicted octanol–water partition coefficient (Wildman–Crippen LogP) is 5.56. The number of nitrogens with zero attached hydrogens (tertiary/aromatic N) is 1. The third kappa shape index (κ3) is 2.99. The Balaban J connectivity index is 2.05. The second-order valence-electron chi connectivity index (χ2n) is 8.81. The van der Waals surface area contributed by atoms with Crippen LogP contribution in [0.25, 0.3) is 0 Å². The molecule has 3 rings (SSSR count). The van der Waals surface area contributed by atoms with Gasteiger partial charge in [0.25, 0.3) is 0 Å². The van der Waals surface area contributed by atoms with E-state index in [2.05, 4.69) is 27.7 Å². The van der Waals surface area contributed by atoms with Crippen molar-refractivity contribution in [3.63, 3.8) is 0 Å². The lowest BCUT2D eigenvalue weighted by atomic mass is 9.54. The number of hydrogen-bond acceptors (Lipinski definition) is 2. The molecule has 0 bridgehead atoms. The zero-order chi connectivity index (χ0) is 18.8. The van der Waals surface area contributed by atoms with Gasteiger partial charge in [0.05, 0.1) is 11.2 Å². The van der Waals surface area contributed by atoms with Gasteiger partial charge in [-0.2, -0.15) is 18.2 Å². The van der Waals surface area contributed by atoms with E-state index < -0.39 is 11.7 Å². The molecule has 0 spiro atoms. The first-order chi connectivity index (χ1) is 11.4. The lowest BCUT2D eigenvalue weighted by Crippen LogP contribution is -2.50. The van der Waals surface area contributed by atoms with Crippen molar-refractivity contribution in [2.75, 3.05) is 7.05 Å². The lowest BCUT2D eigenvalue weighted by Gasteiger charge is -2.50. The van der Waals surface area contributed by atoms with Crippen molar-refractivity contribution < 1.29 is 18.0 Å². The lowest BCUT2D eigenvalue weighted by molar-refractivity contribution is -0.180. The van der Waals surface area contributed by atoms with E-state index in [-0.39, 0.29) is 22.9 Å². The van der Waals surface area contributed by atoms with E-state index in [1.54, 1.807) is 6.07 Å². The fraction of sp³-hybridized carbons (Fsp3) is 0.700. The molecule has 2 nitrogen and oxygen atoms in total. The fourth-order valence-corrected chi connectivity index (χ4v) is 5.58. The number of halogens is 3. The van der Waals surface area contributed by atoms with Gasteiger partial charge in [-0.15, -0.1) is 0 Å². The molecule has 2 fully saturated rings. The molecule has 25 heavy (non-hydrogen) atoms. The van der Waals surface area contributed by atoms with E-state index in [0.717, 1.165) is 24.0 Å². The van der Waals surface area contributed by atoms with Crippen LogP contribution in [0.4, 0.5) is 13.2 Å². The van der Waals surface area contributed by atoms with Gasteiger partial charge in [0.15, 0.2) is 0 Å². The molecule has 3 unspecified atom stereocenters. The summed E-state index contributed by atoms with van der Waals surface area (Å²) in [6.07, 6.45) is -2.49. The minimum atomic E-state index is -4.31. The van der Waals surface area contributed by atoms with Crippen LogP contribution in [0.15, 0.2) is 18.2 Å². The zero-order valence-electron chi connectivity index (χ0n) is 15.9. The summed E-state index contributed by atoms with van der Waals surface area (Å²) >= 11 is 0. The third-order valence-corrected chi connectivity index (χ3v) is 6.41. The molecule has 5 heteroatoms. The molecule has 2 aliphatic rings. The van der Waals surface area contributed by atoms with Crippen molar-refractivity contribution in [1.29, 1.82) is 0 Å². The number of benzene rings is 1. The van der Waals surface area contributed by atoms with Crippen LogP contribution in [0, 0.1) is 18.3 Å². The van der Waals surface area contributed by atoms with E-state index in [1.165, 1.54) is 12.1 Å². The van der Waals surface area contributed by atoms with Crippen molar-refractivity contribution in [3.8, 4) is 0 Å². The van der Waals surface area contributed by atoms with Gasteiger partial charge in [-0.1, -0.05) is 19.9 Å². The van der Waals surface area contributed by atoms with Crippen LogP contribution in [0.5, 0.6) is 0 Å². The Bertz CT molecular complexity index is 665. The monoisotopic (exact) mass is 355 g/mol. The largest absolute Gasteiger partial charge is 0.416 e. The van der Waals surface area contributed by atoms with Crippen LogP contribution in [-0.2, 0) is 11.0 Å². The molecule has 1 aliphatic heterocycles. The number of rotatable bonds is 1. The number of aryl methyl sites for hydroxylation is 1. The van der Waals surface area contributed by atoms with Crippen LogP contribution < -0.4 is 0 Å². The maximum absolute atomic E-state index is 13.2. The molecule has 1 saturated heterocycles. The molecular formula is C20H28F3NO. The Kier molecular flexibility index (Phi) is 4.28. The highest BCUT2D eigenvalue weighted by molar-refractivity contribution is 5.37. The molecule has 1 aromatic rings. The number of alkyl halides is 3. The van der Waals surface area contributed by atoms with Crippen LogP contribution >= 0.6 is 0 Å². The minimum absolute atomic E-state index is 0.0884. The molecule has 0 N–H and O–H groups in total. The third-order valence-electron chi connectivity index (χ3n) is 6.41. The van der Waals surface area contributed by atoms with Gasteiger partial charge in [-0.25, -0.2) is 0 Å². The van der Waals surface area contributed by atoms with Crippen molar-refractivity contribution in [3.05, 3.63) is 34.9 Å². The van der Waals surface area contributed by atoms with E-state index >= 15 is 0 Å². The van der Waals surface area contributed by atoms with Gasteiger partial charge in [-0.05, 0) is 68.2 Å². The summed E-state index contributed by atoms with van der Waals surface area (Å²) in [4.78, 5) is 6.08. The normalized spacial score (nSPS) is 31.8. The van der Waals surface area contributed by atoms with Gasteiger partial charge in [-0.3, -0.25) is 4.84 Å². The molecule has 0 radical (unpaired) electrons. The van der Waals surface area contributed by atoms with Gasteiger partial charge in [0.2, 0.25) is 0 Å². The quantitative estimate of drug-likeness (QED) is 0.654. The molecular weight excluding hydrogens is 327 g/mol. The minimum Gasteiger partial charge on any atom is -0.293 e. The predicted molar refractivity (Wildman–Crippen MR) is 92.1 cm³/mol. The van der Waals surface area contributed by atoms with Crippen LogP contribution in [0.3, 0.4) is 0 Å². The second kappa shape index (κ2) is 5.71. The summed E-state index contributed by atoms with van der Waals surface area (Å²) in [6.45, 7) is 10.5. The first-order valence-corrected chi connectivity index (χ1v) is 8.95. The Morgan fingerprint density at radius 3 is 2.36 bits per heavy atom. The average molecular weight is 355 g/mol.